The average Bonchev–Trinajstić information content (AvgIpc) is 3.68. The number of carbonyl (C=O) groups is 1. The second-order valence-electron chi connectivity index (χ2n) is 10.6. The molecule has 0 bridgehead atoms. The minimum atomic E-state index is -0.681. The summed E-state index contributed by atoms with van der Waals surface area (Å²) in [7, 11) is 3.96. The van der Waals surface area contributed by atoms with Gasteiger partial charge in [-0.3, -0.25) is 9.78 Å². The first-order valence-electron chi connectivity index (χ1n) is 12.4. The second-order valence-corrected chi connectivity index (χ2v) is 11.4. The van der Waals surface area contributed by atoms with Gasteiger partial charge in [-0.15, -0.1) is 0 Å². The number of nitrogens with one attached hydrogen (secondary N) is 1. The number of benzene rings is 2. The molecule has 5 rings (SSSR count). The molecule has 6 nitrogen and oxygen atoms in total. The van der Waals surface area contributed by atoms with E-state index in [1.165, 1.54) is 0 Å². The summed E-state index contributed by atoms with van der Waals surface area (Å²) in [6.07, 6.45) is 6.57. The van der Waals surface area contributed by atoms with Crippen molar-refractivity contribution >= 4 is 45.6 Å². The van der Waals surface area contributed by atoms with Gasteiger partial charge in [-0.1, -0.05) is 29.3 Å². The van der Waals surface area contributed by atoms with Gasteiger partial charge in [0.2, 0.25) is 0 Å². The zero-order valence-corrected chi connectivity index (χ0v) is 22.0. The molecule has 2 fully saturated rings. The maximum atomic E-state index is 13.2. The molecule has 2 aromatic carbocycles. The van der Waals surface area contributed by atoms with Crippen molar-refractivity contribution in [1.82, 2.24) is 9.88 Å². The third-order valence-corrected chi connectivity index (χ3v) is 7.88. The standard InChI is InChI=1S/C28H31Cl2N3O3/c1-33(2)15-28(36)9-7-19(8-10-28)32-25-20-11-17(18-12-22(29)27(35)23(30)13-18)5-6-24(20)31-14-21(25)26(34)16-3-4-16/h5-6,11-14,16,19,35-36H,3-4,7-10,15H2,1-2H3,(H,31,32)/t19-,28+. The van der Waals surface area contributed by atoms with Crippen LogP contribution in [0, 0.1) is 5.92 Å². The van der Waals surface area contributed by atoms with E-state index in [1.54, 1.807) is 18.3 Å². The molecule has 190 valence electrons. The summed E-state index contributed by atoms with van der Waals surface area (Å²) in [5.41, 5.74) is 3.15. The molecule has 2 aliphatic carbocycles. The number of hydrogen-bond donors (Lipinski definition) is 3. The molecule has 2 aliphatic rings. The Bertz CT molecular complexity index is 1290. The number of aromatic hydroxyl groups is 1. The summed E-state index contributed by atoms with van der Waals surface area (Å²) in [6, 6.07) is 9.35. The Morgan fingerprint density at radius 3 is 2.36 bits per heavy atom. The quantitative estimate of drug-likeness (QED) is 0.319. The number of pyridine rings is 1. The normalized spacial score (nSPS) is 22.2. The molecule has 0 unspecified atom stereocenters. The summed E-state index contributed by atoms with van der Waals surface area (Å²) in [5, 5.41) is 25.8. The molecule has 0 radical (unpaired) electrons. The lowest BCUT2D eigenvalue weighted by molar-refractivity contribution is -0.0183. The van der Waals surface area contributed by atoms with Crippen LogP contribution < -0.4 is 5.32 Å². The van der Waals surface area contributed by atoms with Gasteiger partial charge in [-0.2, -0.15) is 0 Å². The highest BCUT2D eigenvalue weighted by molar-refractivity contribution is 6.37. The topological polar surface area (TPSA) is 85.7 Å². The zero-order chi connectivity index (χ0) is 25.6. The Labute approximate surface area is 221 Å². The van der Waals surface area contributed by atoms with Gasteiger partial charge in [-0.05, 0) is 88.0 Å². The predicted octanol–water partition coefficient (Wildman–Crippen LogP) is 6.15. The number of nitrogens with zero attached hydrogens (tertiary/aromatic N) is 2. The number of aromatic nitrogens is 1. The second kappa shape index (κ2) is 9.82. The van der Waals surface area contributed by atoms with E-state index in [0.717, 1.165) is 53.4 Å². The van der Waals surface area contributed by atoms with E-state index in [2.05, 4.69) is 10.3 Å². The lowest BCUT2D eigenvalue weighted by Crippen LogP contribution is -2.45. The van der Waals surface area contributed by atoms with Crippen LogP contribution in [0.3, 0.4) is 0 Å². The maximum absolute atomic E-state index is 13.2. The molecular formula is C28H31Cl2N3O3. The van der Waals surface area contributed by atoms with Crippen LogP contribution in [0.15, 0.2) is 36.5 Å². The van der Waals surface area contributed by atoms with Crippen molar-refractivity contribution in [1.29, 1.82) is 0 Å². The lowest BCUT2D eigenvalue weighted by atomic mass is 9.81. The van der Waals surface area contributed by atoms with Crippen LogP contribution in [-0.2, 0) is 0 Å². The van der Waals surface area contributed by atoms with Crippen molar-refractivity contribution in [2.75, 3.05) is 26.0 Å². The first-order valence-corrected chi connectivity index (χ1v) is 13.2. The summed E-state index contributed by atoms with van der Waals surface area (Å²) in [4.78, 5) is 19.9. The van der Waals surface area contributed by atoms with Gasteiger partial charge >= 0.3 is 0 Å². The SMILES string of the molecule is CN(C)C[C@]1(O)CC[C@@H](Nc2c(C(=O)C3CC3)cnc3ccc(-c4cc(Cl)c(O)c(Cl)c4)cc23)CC1. The monoisotopic (exact) mass is 527 g/mol. The van der Waals surface area contributed by atoms with Crippen LogP contribution in [0.5, 0.6) is 5.75 Å². The van der Waals surface area contributed by atoms with Gasteiger partial charge in [0.15, 0.2) is 11.5 Å². The highest BCUT2D eigenvalue weighted by Crippen LogP contribution is 2.41. The van der Waals surface area contributed by atoms with Crippen LogP contribution >= 0.6 is 23.2 Å². The molecule has 1 heterocycles. The van der Waals surface area contributed by atoms with Crippen molar-refractivity contribution in [3.63, 3.8) is 0 Å². The Morgan fingerprint density at radius 2 is 1.75 bits per heavy atom. The Morgan fingerprint density at radius 1 is 1.08 bits per heavy atom. The smallest absolute Gasteiger partial charge is 0.169 e. The van der Waals surface area contributed by atoms with Crippen molar-refractivity contribution < 1.29 is 15.0 Å². The molecule has 0 aliphatic heterocycles. The number of likely N-dealkylation sites (N-methyl/N-ethyl adjacent to an activating group) is 1. The number of aliphatic hydroxyl groups is 1. The fraction of sp³-hybridized carbons (Fsp3) is 0.429. The van der Waals surface area contributed by atoms with Gasteiger partial charge in [-0.25, -0.2) is 0 Å². The molecule has 2 saturated carbocycles. The minimum absolute atomic E-state index is 0.0687. The van der Waals surface area contributed by atoms with Crippen LogP contribution in [0.25, 0.3) is 22.0 Å². The third-order valence-electron chi connectivity index (χ3n) is 7.31. The molecule has 0 amide bonds. The van der Waals surface area contributed by atoms with Crippen LogP contribution in [0.2, 0.25) is 10.0 Å². The molecule has 3 N–H and O–H groups in total. The number of halogens is 2. The fourth-order valence-electron chi connectivity index (χ4n) is 5.26. The van der Waals surface area contributed by atoms with E-state index in [-0.39, 0.29) is 33.5 Å². The van der Waals surface area contributed by atoms with Crippen LogP contribution in [0.4, 0.5) is 5.69 Å². The largest absolute Gasteiger partial charge is 0.505 e. The number of fused-ring (bicyclic) bond motifs is 1. The molecule has 0 atom stereocenters. The molecule has 0 saturated heterocycles. The highest BCUT2D eigenvalue weighted by atomic mass is 35.5. The van der Waals surface area contributed by atoms with Gasteiger partial charge in [0.1, 0.15) is 0 Å². The number of hydrogen-bond acceptors (Lipinski definition) is 6. The molecule has 8 heteroatoms. The van der Waals surface area contributed by atoms with E-state index in [4.69, 9.17) is 23.2 Å². The third kappa shape index (κ3) is 5.18. The number of carbonyl (C=O) groups excluding carboxylic acids is 1. The molecule has 36 heavy (non-hydrogen) atoms. The summed E-state index contributed by atoms with van der Waals surface area (Å²) in [5.74, 6) is 0.0583. The average molecular weight is 528 g/mol. The van der Waals surface area contributed by atoms with Gasteiger partial charge in [0.05, 0.1) is 32.4 Å². The first-order chi connectivity index (χ1) is 17.1. The Kier molecular flexibility index (Phi) is 6.90. The van der Waals surface area contributed by atoms with E-state index < -0.39 is 5.60 Å². The molecular weight excluding hydrogens is 497 g/mol. The Hall–Kier alpha value is -2.38. The molecule has 1 aromatic heterocycles. The number of phenols is 1. The van der Waals surface area contributed by atoms with Crippen LogP contribution in [0.1, 0.15) is 48.9 Å². The lowest BCUT2D eigenvalue weighted by Gasteiger charge is -2.38. The minimum Gasteiger partial charge on any atom is -0.505 e. The zero-order valence-electron chi connectivity index (χ0n) is 20.5. The van der Waals surface area contributed by atoms with Crippen molar-refractivity contribution in [3.05, 3.63) is 52.1 Å². The van der Waals surface area contributed by atoms with Crippen LogP contribution in [-0.4, -0.2) is 58.2 Å². The number of ketones is 1. The van der Waals surface area contributed by atoms with Crippen molar-refractivity contribution in [2.24, 2.45) is 5.92 Å². The first kappa shape index (κ1) is 25.3. The molecule has 3 aromatic rings. The van der Waals surface area contributed by atoms with E-state index in [9.17, 15) is 15.0 Å². The van der Waals surface area contributed by atoms with Crippen molar-refractivity contribution in [2.45, 2.75) is 50.2 Å². The van der Waals surface area contributed by atoms with E-state index in [1.807, 2.05) is 37.2 Å². The number of anilines is 1. The van der Waals surface area contributed by atoms with E-state index in [0.29, 0.717) is 24.9 Å². The summed E-state index contributed by atoms with van der Waals surface area (Å²) in [6.45, 7) is 0.643. The maximum Gasteiger partial charge on any atom is 0.169 e. The number of Topliss-reactive ketones (excluding diaryl/α,β-unsaturated/α-hetero) is 1. The molecule has 0 spiro atoms. The number of phenolic OH excluding ortho intramolecular Hbond substituents is 1. The summed E-state index contributed by atoms with van der Waals surface area (Å²) < 4.78 is 0. The van der Waals surface area contributed by atoms with Gasteiger partial charge in [0, 0.05) is 30.1 Å². The summed E-state index contributed by atoms with van der Waals surface area (Å²) >= 11 is 12.4. The van der Waals surface area contributed by atoms with Gasteiger partial charge < -0.3 is 20.4 Å². The predicted molar refractivity (Wildman–Crippen MR) is 145 cm³/mol. The fourth-order valence-corrected chi connectivity index (χ4v) is 5.75. The van der Waals surface area contributed by atoms with E-state index >= 15 is 0 Å². The van der Waals surface area contributed by atoms with Gasteiger partial charge in [0.25, 0.3) is 0 Å². The van der Waals surface area contributed by atoms with Crippen molar-refractivity contribution in [3.8, 4) is 16.9 Å². The Balaban J connectivity index is 1.53. The number of rotatable bonds is 7. The highest BCUT2D eigenvalue weighted by Gasteiger charge is 2.36.